The highest BCUT2D eigenvalue weighted by molar-refractivity contribution is 7.99. The van der Waals surface area contributed by atoms with Gasteiger partial charge in [0.2, 0.25) is 11.7 Å². The van der Waals surface area contributed by atoms with Crippen LogP contribution in [-0.2, 0) is 0 Å². The molecule has 0 saturated carbocycles. The number of nitrogens with one attached hydrogen (secondary N) is 1. The number of hydrogen-bond donors (Lipinski definition) is 1. The van der Waals surface area contributed by atoms with Crippen molar-refractivity contribution in [1.29, 1.82) is 0 Å². The zero-order valence-corrected chi connectivity index (χ0v) is 13.8. The van der Waals surface area contributed by atoms with Crippen LogP contribution in [0.15, 0.2) is 50.7 Å². The molecule has 4 rings (SSSR count). The van der Waals surface area contributed by atoms with E-state index in [1.165, 1.54) is 11.8 Å². The molecule has 0 aliphatic heterocycles. The van der Waals surface area contributed by atoms with Gasteiger partial charge in [-0.1, -0.05) is 16.9 Å². The molecule has 0 amide bonds. The Bertz CT molecular complexity index is 961. The second kappa shape index (κ2) is 6.04. The minimum absolute atomic E-state index is 0.0522. The van der Waals surface area contributed by atoms with E-state index in [-0.39, 0.29) is 5.25 Å². The summed E-state index contributed by atoms with van der Waals surface area (Å²) in [7, 11) is 1.64. The van der Waals surface area contributed by atoms with Crippen LogP contribution < -0.4 is 4.74 Å². The Kier molecular flexibility index (Phi) is 3.73. The topological polar surface area (TPSA) is 90.0 Å². The smallest absolute Gasteiger partial charge is 0.240 e. The van der Waals surface area contributed by atoms with Gasteiger partial charge in [-0.25, -0.2) is 4.98 Å². The predicted octanol–water partition coefficient (Wildman–Crippen LogP) is 4.07. The lowest BCUT2D eigenvalue weighted by Gasteiger charge is -2.02. The van der Waals surface area contributed by atoms with Gasteiger partial charge >= 0.3 is 0 Å². The number of H-pyrrole nitrogens is 1. The SMILES string of the molecule is COc1ccc2nc(S[C@H](C)c3nc(-c4ccco4)no3)[nH]c2c1. The Morgan fingerprint density at radius 1 is 1.25 bits per heavy atom. The van der Waals surface area contributed by atoms with E-state index >= 15 is 0 Å². The van der Waals surface area contributed by atoms with Crippen LogP contribution in [0.1, 0.15) is 18.1 Å². The summed E-state index contributed by atoms with van der Waals surface area (Å²) < 4.78 is 15.8. The summed E-state index contributed by atoms with van der Waals surface area (Å²) >= 11 is 1.51. The summed E-state index contributed by atoms with van der Waals surface area (Å²) in [5, 5.41) is 4.68. The zero-order chi connectivity index (χ0) is 16.5. The van der Waals surface area contributed by atoms with Crippen LogP contribution in [0, 0.1) is 0 Å². The highest BCUT2D eigenvalue weighted by Gasteiger charge is 2.19. The molecule has 0 aliphatic rings. The molecule has 7 nitrogen and oxygen atoms in total. The molecule has 122 valence electrons. The standard InChI is InChI=1S/C16H14N4O3S/c1-9(15-19-14(20-23-15)13-4-3-7-22-13)24-16-17-11-6-5-10(21-2)8-12(11)18-16/h3-9H,1-2H3,(H,17,18)/t9-/m1/s1. The first-order chi connectivity index (χ1) is 11.7. The Morgan fingerprint density at radius 3 is 2.96 bits per heavy atom. The minimum atomic E-state index is -0.0522. The molecule has 4 aromatic rings. The van der Waals surface area contributed by atoms with Crippen molar-refractivity contribution in [3.8, 4) is 17.3 Å². The molecule has 0 fully saturated rings. The molecule has 1 N–H and O–H groups in total. The van der Waals surface area contributed by atoms with Crippen molar-refractivity contribution < 1.29 is 13.7 Å². The lowest BCUT2D eigenvalue weighted by atomic mass is 10.3. The molecule has 0 aliphatic carbocycles. The van der Waals surface area contributed by atoms with E-state index in [0.717, 1.165) is 21.9 Å². The number of aromatic amines is 1. The third kappa shape index (κ3) is 2.76. The van der Waals surface area contributed by atoms with Crippen LogP contribution >= 0.6 is 11.8 Å². The van der Waals surface area contributed by atoms with Gasteiger partial charge in [-0.3, -0.25) is 0 Å². The van der Waals surface area contributed by atoms with Crippen molar-refractivity contribution in [2.75, 3.05) is 7.11 Å². The third-order valence-corrected chi connectivity index (χ3v) is 4.46. The summed E-state index contributed by atoms with van der Waals surface area (Å²) in [6.45, 7) is 1.98. The molecular formula is C16H14N4O3S. The zero-order valence-electron chi connectivity index (χ0n) is 13.0. The molecule has 24 heavy (non-hydrogen) atoms. The molecular weight excluding hydrogens is 328 g/mol. The monoisotopic (exact) mass is 342 g/mol. The molecule has 0 unspecified atom stereocenters. The van der Waals surface area contributed by atoms with Crippen molar-refractivity contribution >= 4 is 22.8 Å². The molecule has 8 heteroatoms. The van der Waals surface area contributed by atoms with E-state index in [9.17, 15) is 0 Å². The summed E-state index contributed by atoms with van der Waals surface area (Å²) in [6.07, 6.45) is 1.58. The maximum absolute atomic E-state index is 5.33. The number of fused-ring (bicyclic) bond motifs is 1. The minimum Gasteiger partial charge on any atom is -0.497 e. The number of furan rings is 1. The van der Waals surface area contributed by atoms with Crippen LogP contribution in [0.3, 0.4) is 0 Å². The Hall–Kier alpha value is -2.74. The van der Waals surface area contributed by atoms with Gasteiger partial charge in [-0.15, -0.1) is 0 Å². The normalized spacial score (nSPS) is 12.6. The Balaban J connectivity index is 1.54. The van der Waals surface area contributed by atoms with Gasteiger partial charge in [-0.05, 0) is 31.2 Å². The Morgan fingerprint density at radius 2 is 2.17 bits per heavy atom. The van der Waals surface area contributed by atoms with E-state index in [4.69, 9.17) is 13.7 Å². The van der Waals surface area contributed by atoms with Crippen molar-refractivity contribution in [2.24, 2.45) is 0 Å². The number of methoxy groups -OCH3 is 1. The quantitative estimate of drug-likeness (QED) is 0.547. The second-order valence-electron chi connectivity index (χ2n) is 5.12. The fourth-order valence-corrected chi connectivity index (χ4v) is 3.12. The predicted molar refractivity (Wildman–Crippen MR) is 88.9 cm³/mol. The van der Waals surface area contributed by atoms with E-state index < -0.39 is 0 Å². The number of thioether (sulfide) groups is 1. The molecule has 3 aromatic heterocycles. The summed E-state index contributed by atoms with van der Waals surface area (Å²) in [4.78, 5) is 12.2. The van der Waals surface area contributed by atoms with Gasteiger partial charge in [0.25, 0.3) is 0 Å². The van der Waals surface area contributed by atoms with Crippen LogP contribution in [0.25, 0.3) is 22.6 Å². The van der Waals surface area contributed by atoms with Gasteiger partial charge in [0, 0.05) is 6.07 Å². The van der Waals surface area contributed by atoms with E-state index in [0.29, 0.717) is 17.5 Å². The molecule has 0 saturated heterocycles. The largest absolute Gasteiger partial charge is 0.497 e. The fraction of sp³-hybridized carbons (Fsp3) is 0.188. The first-order valence-corrected chi connectivity index (χ1v) is 8.19. The van der Waals surface area contributed by atoms with Gasteiger partial charge in [0.15, 0.2) is 10.9 Å². The van der Waals surface area contributed by atoms with Crippen LogP contribution in [0.4, 0.5) is 0 Å². The van der Waals surface area contributed by atoms with Gasteiger partial charge in [0.05, 0.1) is 29.7 Å². The van der Waals surface area contributed by atoms with Gasteiger partial charge in [-0.2, -0.15) is 4.98 Å². The molecule has 3 heterocycles. The average molecular weight is 342 g/mol. The summed E-state index contributed by atoms with van der Waals surface area (Å²) in [5.74, 6) is 2.33. The number of aromatic nitrogens is 4. The molecule has 0 radical (unpaired) electrons. The van der Waals surface area contributed by atoms with Crippen molar-refractivity contribution in [3.63, 3.8) is 0 Å². The Labute approximate surface area is 141 Å². The lowest BCUT2D eigenvalue weighted by Crippen LogP contribution is -1.89. The number of hydrogen-bond acceptors (Lipinski definition) is 7. The van der Waals surface area contributed by atoms with Crippen molar-refractivity contribution in [1.82, 2.24) is 20.1 Å². The average Bonchev–Trinajstić information content (AvgIpc) is 3.32. The number of ether oxygens (including phenoxy) is 1. The van der Waals surface area contributed by atoms with Crippen LogP contribution in [-0.4, -0.2) is 27.2 Å². The van der Waals surface area contributed by atoms with E-state index in [1.54, 1.807) is 25.5 Å². The highest BCUT2D eigenvalue weighted by atomic mass is 32.2. The van der Waals surface area contributed by atoms with E-state index in [2.05, 4.69) is 20.1 Å². The number of benzene rings is 1. The second-order valence-corrected chi connectivity index (χ2v) is 6.45. The highest BCUT2D eigenvalue weighted by Crippen LogP contribution is 2.34. The number of imidazole rings is 1. The summed E-state index contributed by atoms with van der Waals surface area (Å²) in [5.41, 5.74) is 1.80. The first kappa shape index (κ1) is 14.8. The van der Waals surface area contributed by atoms with E-state index in [1.807, 2.05) is 25.1 Å². The lowest BCUT2D eigenvalue weighted by molar-refractivity contribution is 0.379. The molecule has 1 aromatic carbocycles. The number of nitrogens with zero attached hydrogens (tertiary/aromatic N) is 3. The third-order valence-electron chi connectivity index (χ3n) is 3.49. The fourth-order valence-electron chi connectivity index (χ4n) is 2.27. The van der Waals surface area contributed by atoms with Gasteiger partial charge < -0.3 is 18.7 Å². The first-order valence-electron chi connectivity index (χ1n) is 7.31. The molecule has 0 bridgehead atoms. The van der Waals surface area contributed by atoms with Crippen LogP contribution in [0.2, 0.25) is 0 Å². The van der Waals surface area contributed by atoms with Crippen molar-refractivity contribution in [3.05, 3.63) is 42.5 Å². The maximum atomic E-state index is 5.33. The summed E-state index contributed by atoms with van der Waals surface area (Å²) in [6, 6.07) is 9.29. The molecule has 0 spiro atoms. The van der Waals surface area contributed by atoms with Crippen molar-refractivity contribution in [2.45, 2.75) is 17.3 Å². The molecule has 1 atom stereocenters. The maximum Gasteiger partial charge on any atom is 0.240 e. The van der Waals surface area contributed by atoms with Crippen LogP contribution in [0.5, 0.6) is 5.75 Å². The number of rotatable bonds is 5. The van der Waals surface area contributed by atoms with Gasteiger partial charge in [0.1, 0.15) is 5.75 Å².